The van der Waals surface area contributed by atoms with Crippen LogP contribution in [0.25, 0.3) is 21.8 Å². The van der Waals surface area contributed by atoms with E-state index in [1.54, 1.807) is 12.1 Å². The molecule has 0 radical (unpaired) electrons. The molecule has 5 aromatic rings. The van der Waals surface area contributed by atoms with Gasteiger partial charge >= 0.3 is 0 Å². The molecule has 5 rings (SSSR count). The first-order valence-corrected chi connectivity index (χ1v) is 12.6. The van der Waals surface area contributed by atoms with Gasteiger partial charge in [-0.1, -0.05) is 66.2 Å². The van der Waals surface area contributed by atoms with Gasteiger partial charge < -0.3 is 14.6 Å². The first kappa shape index (κ1) is 23.9. The van der Waals surface area contributed by atoms with Crippen LogP contribution in [0.4, 0.5) is 0 Å². The van der Waals surface area contributed by atoms with E-state index in [1.807, 2.05) is 55.5 Å². The van der Waals surface area contributed by atoms with Gasteiger partial charge in [0.2, 0.25) is 5.91 Å². The Labute approximate surface area is 215 Å². The number of halogens is 1. The second-order valence-corrected chi connectivity index (χ2v) is 9.35. The molecule has 36 heavy (non-hydrogen) atoms. The number of amides is 1. The molecule has 182 valence electrons. The van der Waals surface area contributed by atoms with Gasteiger partial charge in [0.05, 0.1) is 30.1 Å². The molecular formula is C30H28ClN3O2. The van der Waals surface area contributed by atoms with Crippen molar-refractivity contribution in [3.8, 4) is 5.75 Å². The topological polar surface area (TPSA) is 56.2 Å². The molecule has 1 aromatic heterocycles. The normalized spacial score (nSPS) is 12.1. The number of aryl methyl sites for hydroxylation is 1. The summed E-state index contributed by atoms with van der Waals surface area (Å²) in [6.45, 7) is 3.30. The molecule has 0 aliphatic carbocycles. The SMILES string of the molecule is CC(NC(=O)Cc1ccc(Cl)cc1)c1nc2ccccc2n1CCCOc1ccc2ccccc2c1. The van der Waals surface area contributed by atoms with Crippen LogP contribution >= 0.6 is 11.6 Å². The van der Waals surface area contributed by atoms with Crippen LogP contribution in [0.2, 0.25) is 5.02 Å². The van der Waals surface area contributed by atoms with Crippen molar-refractivity contribution in [3.63, 3.8) is 0 Å². The fraction of sp³-hybridized carbons (Fsp3) is 0.200. The summed E-state index contributed by atoms with van der Waals surface area (Å²) in [6, 6.07) is 29.6. The summed E-state index contributed by atoms with van der Waals surface area (Å²) >= 11 is 5.96. The summed E-state index contributed by atoms with van der Waals surface area (Å²) in [5.74, 6) is 1.65. The van der Waals surface area contributed by atoms with Crippen molar-refractivity contribution in [2.75, 3.05) is 6.61 Å². The first-order valence-electron chi connectivity index (χ1n) is 12.2. The molecule has 1 heterocycles. The number of nitrogens with zero attached hydrogens (tertiary/aromatic N) is 2. The summed E-state index contributed by atoms with van der Waals surface area (Å²) < 4.78 is 8.24. The van der Waals surface area contributed by atoms with Crippen LogP contribution in [0, 0.1) is 0 Å². The van der Waals surface area contributed by atoms with Crippen molar-refractivity contribution >= 4 is 39.3 Å². The summed E-state index contributed by atoms with van der Waals surface area (Å²) in [6.07, 6.45) is 1.10. The molecule has 0 bridgehead atoms. The molecule has 1 N–H and O–H groups in total. The molecule has 6 heteroatoms. The Morgan fingerprint density at radius 1 is 0.972 bits per heavy atom. The minimum Gasteiger partial charge on any atom is -0.494 e. The van der Waals surface area contributed by atoms with Crippen molar-refractivity contribution in [3.05, 3.63) is 107 Å². The predicted octanol–water partition coefficient (Wildman–Crippen LogP) is 6.73. The van der Waals surface area contributed by atoms with Gasteiger partial charge in [-0.15, -0.1) is 0 Å². The van der Waals surface area contributed by atoms with Gasteiger partial charge in [-0.2, -0.15) is 0 Å². The quantitative estimate of drug-likeness (QED) is 0.230. The fourth-order valence-corrected chi connectivity index (χ4v) is 4.60. The number of carbonyl (C=O) groups is 1. The molecule has 0 saturated heterocycles. The maximum absolute atomic E-state index is 12.7. The summed E-state index contributed by atoms with van der Waals surface area (Å²) in [5.41, 5.74) is 2.89. The van der Waals surface area contributed by atoms with Crippen LogP contribution in [-0.2, 0) is 17.8 Å². The lowest BCUT2D eigenvalue weighted by Gasteiger charge is -2.17. The monoisotopic (exact) mass is 497 g/mol. The minimum atomic E-state index is -0.237. The van der Waals surface area contributed by atoms with Gasteiger partial charge in [0.25, 0.3) is 0 Å². The number of benzene rings is 4. The number of hydrogen-bond acceptors (Lipinski definition) is 3. The van der Waals surface area contributed by atoms with Crippen LogP contribution in [0.1, 0.15) is 30.8 Å². The Balaban J connectivity index is 1.25. The van der Waals surface area contributed by atoms with Gasteiger partial charge in [-0.25, -0.2) is 4.98 Å². The maximum Gasteiger partial charge on any atom is 0.224 e. The highest BCUT2D eigenvalue weighted by molar-refractivity contribution is 6.30. The zero-order valence-electron chi connectivity index (χ0n) is 20.2. The second kappa shape index (κ2) is 10.8. The lowest BCUT2D eigenvalue weighted by molar-refractivity contribution is -0.121. The maximum atomic E-state index is 12.7. The highest BCUT2D eigenvalue weighted by Crippen LogP contribution is 2.23. The van der Waals surface area contributed by atoms with E-state index >= 15 is 0 Å². The number of hydrogen-bond donors (Lipinski definition) is 1. The number of para-hydroxylation sites is 2. The van der Waals surface area contributed by atoms with Crippen molar-refractivity contribution in [2.45, 2.75) is 32.4 Å². The van der Waals surface area contributed by atoms with Crippen LogP contribution < -0.4 is 10.1 Å². The Morgan fingerprint density at radius 2 is 1.72 bits per heavy atom. The number of aromatic nitrogens is 2. The molecule has 4 aromatic carbocycles. The van der Waals surface area contributed by atoms with Gasteiger partial charge in [-0.3, -0.25) is 4.79 Å². The second-order valence-electron chi connectivity index (χ2n) is 8.91. The lowest BCUT2D eigenvalue weighted by Crippen LogP contribution is -2.30. The standard InChI is InChI=1S/C30H28ClN3O2/c1-21(32-29(35)19-22-11-14-25(31)15-12-22)30-33-27-9-4-5-10-28(27)34(30)17-6-18-36-26-16-13-23-7-2-3-8-24(23)20-26/h2-5,7-16,20-21H,6,17-19H2,1H3,(H,32,35). The molecule has 0 saturated carbocycles. The summed E-state index contributed by atoms with van der Waals surface area (Å²) in [5, 5.41) is 6.13. The molecule has 0 aliphatic heterocycles. The average molecular weight is 498 g/mol. The fourth-order valence-electron chi connectivity index (χ4n) is 4.47. The number of ether oxygens (including phenoxy) is 1. The average Bonchev–Trinajstić information content (AvgIpc) is 3.26. The van der Waals surface area contributed by atoms with E-state index < -0.39 is 0 Å². The summed E-state index contributed by atoms with van der Waals surface area (Å²) in [4.78, 5) is 17.6. The summed E-state index contributed by atoms with van der Waals surface area (Å²) in [7, 11) is 0. The van der Waals surface area contributed by atoms with Gasteiger partial charge in [0.1, 0.15) is 11.6 Å². The van der Waals surface area contributed by atoms with Crippen molar-refractivity contribution < 1.29 is 9.53 Å². The largest absolute Gasteiger partial charge is 0.494 e. The molecule has 0 spiro atoms. The number of nitrogens with one attached hydrogen (secondary N) is 1. The number of carbonyl (C=O) groups excluding carboxylic acids is 1. The van der Waals surface area contributed by atoms with E-state index in [9.17, 15) is 4.79 Å². The van der Waals surface area contributed by atoms with Crippen molar-refractivity contribution in [2.24, 2.45) is 0 Å². The van der Waals surface area contributed by atoms with Crippen LogP contribution in [-0.4, -0.2) is 22.1 Å². The van der Waals surface area contributed by atoms with E-state index in [-0.39, 0.29) is 11.9 Å². The van der Waals surface area contributed by atoms with E-state index in [4.69, 9.17) is 21.3 Å². The number of rotatable bonds is 9. The zero-order valence-corrected chi connectivity index (χ0v) is 20.9. The van der Waals surface area contributed by atoms with Crippen molar-refractivity contribution in [1.82, 2.24) is 14.9 Å². The van der Waals surface area contributed by atoms with Crippen LogP contribution in [0.5, 0.6) is 5.75 Å². The van der Waals surface area contributed by atoms with Crippen LogP contribution in [0.15, 0.2) is 91.0 Å². The highest BCUT2D eigenvalue weighted by Gasteiger charge is 2.18. The highest BCUT2D eigenvalue weighted by atomic mass is 35.5. The minimum absolute atomic E-state index is 0.0527. The molecule has 1 unspecified atom stereocenters. The molecule has 1 atom stereocenters. The Morgan fingerprint density at radius 3 is 2.56 bits per heavy atom. The first-order chi connectivity index (χ1) is 17.6. The third-order valence-corrected chi connectivity index (χ3v) is 6.49. The van der Waals surface area contributed by atoms with E-state index in [0.717, 1.165) is 41.1 Å². The Kier molecular flexibility index (Phi) is 7.19. The predicted molar refractivity (Wildman–Crippen MR) is 146 cm³/mol. The molecular weight excluding hydrogens is 470 g/mol. The van der Waals surface area contributed by atoms with Crippen molar-refractivity contribution in [1.29, 1.82) is 0 Å². The lowest BCUT2D eigenvalue weighted by atomic mass is 10.1. The van der Waals surface area contributed by atoms with Gasteiger partial charge in [0.15, 0.2) is 0 Å². The molecule has 0 fully saturated rings. The van der Waals surface area contributed by atoms with Gasteiger partial charge in [-0.05, 0) is 66.1 Å². The van der Waals surface area contributed by atoms with E-state index in [2.05, 4.69) is 40.2 Å². The number of fused-ring (bicyclic) bond motifs is 2. The van der Waals surface area contributed by atoms with E-state index in [0.29, 0.717) is 18.1 Å². The Bertz CT molecular complexity index is 1490. The third kappa shape index (κ3) is 5.52. The van der Waals surface area contributed by atoms with E-state index in [1.165, 1.54) is 10.8 Å². The number of imidazole rings is 1. The molecule has 0 aliphatic rings. The zero-order chi connectivity index (χ0) is 24.9. The molecule has 5 nitrogen and oxygen atoms in total. The molecule has 1 amide bonds. The Hall–Kier alpha value is -3.83. The third-order valence-electron chi connectivity index (χ3n) is 6.24. The smallest absolute Gasteiger partial charge is 0.224 e. The van der Waals surface area contributed by atoms with Crippen LogP contribution in [0.3, 0.4) is 0 Å². The van der Waals surface area contributed by atoms with Gasteiger partial charge in [0, 0.05) is 11.6 Å².